The number of rotatable bonds is 2. The Morgan fingerprint density at radius 3 is 2.09 bits per heavy atom. The molecule has 5 rings (SSSR count). The molecular weight excluding hydrogens is 408 g/mol. The summed E-state index contributed by atoms with van der Waals surface area (Å²) in [4.78, 5) is 12.9. The van der Waals surface area contributed by atoms with Crippen molar-refractivity contribution >= 4 is 5.78 Å². The Balaban J connectivity index is 1.45. The van der Waals surface area contributed by atoms with Gasteiger partial charge in [-0.05, 0) is 118 Å². The molecule has 5 fully saturated rings. The maximum absolute atomic E-state index is 12.9. The number of ether oxygens (including phenoxy) is 1. The smallest absolute Gasteiger partial charge is 0.138 e. The number of hydrogen-bond acceptors (Lipinski definition) is 3. The van der Waals surface area contributed by atoms with Gasteiger partial charge in [0.25, 0.3) is 0 Å². The number of Topliss-reactive ketones (excluding diaryl/α,β-unsaturated/α-hetero) is 1. The van der Waals surface area contributed by atoms with Crippen molar-refractivity contribution in [1.82, 2.24) is 0 Å². The fourth-order valence-corrected chi connectivity index (χ4v) is 10.9. The monoisotopic (exact) mass is 458 g/mol. The summed E-state index contributed by atoms with van der Waals surface area (Å²) in [6, 6.07) is 0. The van der Waals surface area contributed by atoms with E-state index >= 15 is 0 Å². The first kappa shape index (κ1) is 24.3. The lowest BCUT2D eigenvalue weighted by Crippen LogP contribution is -2.63. The van der Waals surface area contributed by atoms with Gasteiger partial charge in [-0.3, -0.25) is 4.79 Å². The van der Waals surface area contributed by atoms with Crippen molar-refractivity contribution in [3.63, 3.8) is 0 Å². The minimum Gasteiger partial charge on any atom is -0.388 e. The van der Waals surface area contributed by atoms with Gasteiger partial charge in [0.1, 0.15) is 5.78 Å². The predicted octanol–water partition coefficient (Wildman–Crippen LogP) is 6.95. The molecule has 1 saturated heterocycles. The topological polar surface area (TPSA) is 46.5 Å². The molecule has 0 aromatic rings. The first-order valence-corrected chi connectivity index (χ1v) is 14.0. The Morgan fingerprint density at radius 2 is 1.45 bits per heavy atom. The number of carbonyl (C=O) groups is 1. The second kappa shape index (κ2) is 7.09. The van der Waals surface area contributed by atoms with E-state index < -0.39 is 5.60 Å². The van der Waals surface area contributed by atoms with Crippen LogP contribution in [0.3, 0.4) is 0 Å². The van der Waals surface area contributed by atoms with E-state index in [-0.39, 0.29) is 22.5 Å². The van der Waals surface area contributed by atoms with Gasteiger partial charge in [0.2, 0.25) is 0 Å². The Bertz CT molecular complexity index is 825. The Hall–Kier alpha value is -0.410. The van der Waals surface area contributed by atoms with Crippen molar-refractivity contribution in [2.24, 2.45) is 45.3 Å². The molecule has 3 nitrogen and oxygen atoms in total. The largest absolute Gasteiger partial charge is 0.388 e. The summed E-state index contributed by atoms with van der Waals surface area (Å²) in [5.41, 5.74) is -0.0493. The van der Waals surface area contributed by atoms with Gasteiger partial charge in [-0.1, -0.05) is 34.6 Å². The number of aliphatic hydroxyl groups is 1. The van der Waals surface area contributed by atoms with Gasteiger partial charge in [-0.25, -0.2) is 0 Å². The van der Waals surface area contributed by atoms with Crippen molar-refractivity contribution in [3.8, 4) is 0 Å². The second-order valence-electron chi connectivity index (χ2n) is 15.1. The van der Waals surface area contributed by atoms with Gasteiger partial charge in [0.15, 0.2) is 0 Å². The molecule has 0 bridgehead atoms. The van der Waals surface area contributed by atoms with E-state index in [0.29, 0.717) is 34.4 Å². The molecule has 188 valence electrons. The Kier molecular flexibility index (Phi) is 5.22. The highest BCUT2D eigenvalue weighted by Gasteiger charge is 2.70. The third-order valence-corrected chi connectivity index (χ3v) is 13.0. The zero-order chi connectivity index (χ0) is 24.2. The minimum absolute atomic E-state index is 0.0439. The van der Waals surface area contributed by atoms with Gasteiger partial charge in [-0.2, -0.15) is 0 Å². The fraction of sp³-hybridized carbons (Fsp3) is 0.967. The molecule has 4 saturated carbocycles. The average molecular weight is 459 g/mol. The van der Waals surface area contributed by atoms with Crippen LogP contribution in [0.4, 0.5) is 0 Å². The predicted molar refractivity (Wildman–Crippen MR) is 133 cm³/mol. The minimum atomic E-state index is -0.762. The third kappa shape index (κ3) is 3.09. The summed E-state index contributed by atoms with van der Waals surface area (Å²) in [6.07, 6.45) is 11.6. The van der Waals surface area contributed by atoms with Crippen LogP contribution in [0.15, 0.2) is 0 Å². The molecule has 0 aromatic heterocycles. The van der Waals surface area contributed by atoms with Gasteiger partial charge >= 0.3 is 0 Å². The summed E-state index contributed by atoms with van der Waals surface area (Å²) in [7, 11) is 0. The lowest BCUT2D eigenvalue weighted by Gasteiger charge is -2.69. The van der Waals surface area contributed by atoms with Crippen LogP contribution in [0.2, 0.25) is 0 Å². The van der Waals surface area contributed by atoms with Crippen LogP contribution in [0.1, 0.15) is 120 Å². The highest BCUT2D eigenvalue weighted by molar-refractivity contribution is 5.85. The second-order valence-corrected chi connectivity index (χ2v) is 15.1. The molecule has 5 aliphatic rings. The maximum Gasteiger partial charge on any atom is 0.138 e. The van der Waals surface area contributed by atoms with E-state index in [0.717, 1.165) is 31.6 Å². The third-order valence-electron chi connectivity index (χ3n) is 13.0. The molecule has 0 radical (unpaired) electrons. The molecule has 33 heavy (non-hydrogen) atoms. The molecule has 1 N–H and O–H groups in total. The van der Waals surface area contributed by atoms with Crippen LogP contribution in [-0.2, 0) is 9.53 Å². The normalized spacial score (nSPS) is 54.0. The van der Waals surface area contributed by atoms with E-state index in [2.05, 4.69) is 41.5 Å². The molecule has 9 atom stereocenters. The quantitative estimate of drug-likeness (QED) is 0.487. The number of fused-ring (bicyclic) bond motifs is 5. The van der Waals surface area contributed by atoms with E-state index in [1.807, 2.05) is 13.8 Å². The Morgan fingerprint density at radius 1 is 0.788 bits per heavy atom. The van der Waals surface area contributed by atoms with Gasteiger partial charge in [0.05, 0.1) is 17.3 Å². The highest BCUT2D eigenvalue weighted by atomic mass is 16.5. The SMILES string of the molecule is CC1(C)C(=O)CC[C@@]2(C)C1CC[C@]1(C)[C@@H]2CC[C@@H]2[C@@H]([C@]3(C)CC[C@@H](C(C)(C)O)O3)CC[C@]21C. The fourth-order valence-electron chi connectivity index (χ4n) is 10.9. The highest BCUT2D eigenvalue weighted by Crippen LogP contribution is 2.75. The number of carbonyl (C=O) groups excluding carboxylic acids is 1. The van der Waals surface area contributed by atoms with Crippen LogP contribution in [0.25, 0.3) is 0 Å². The van der Waals surface area contributed by atoms with Crippen molar-refractivity contribution < 1.29 is 14.6 Å². The zero-order valence-corrected chi connectivity index (χ0v) is 22.7. The van der Waals surface area contributed by atoms with Crippen molar-refractivity contribution in [1.29, 1.82) is 0 Å². The van der Waals surface area contributed by atoms with Crippen LogP contribution >= 0.6 is 0 Å². The zero-order valence-electron chi connectivity index (χ0n) is 22.7. The van der Waals surface area contributed by atoms with Crippen molar-refractivity contribution in [2.45, 2.75) is 137 Å². The maximum atomic E-state index is 12.9. The average Bonchev–Trinajstić information content (AvgIpc) is 3.27. The Labute approximate surface area is 202 Å². The van der Waals surface area contributed by atoms with Crippen molar-refractivity contribution in [2.75, 3.05) is 0 Å². The molecule has 1 unspecified atom stereocenters. The molecular formula is C30H50O3. The lowest BCUT2D eigenvalue weighted by atomic mass is 9.35. The molecule has 1 heterocycles. The molecule has 0 amide bonds. The number of hydrogen-bond donors (Lipinski definition) is 1. The van der Waals surface area contributed by atoms with E-state index in [9.17, 15) is 9.90 Å². The molecule has 0 spiro atoms. The van der Waals surface area contributed by atoms with E-state index in [4.69, 9.17) is 4.74 Å². The van der Waals surface area contributed by atoms with Crippen LogP contribution in [-0.4, -0.2) is 28.2 Å². The molecule has 1 aliphatic heterocycles. The van der Waals surface area contributed by atoms with Crippen LogP contribution < -0.4 is 0 Å². The van der Waals surface area contributed by atoms with Gasteiger partial charge in [0, 0.05) is 11.8 Å². The molecule has 3 heteroatoms. The summed E-state index contributed by atoms with van der Waals surface area (Å²) in [5.74, 6) is 3.06. The lowest BCUT2D eigenvalue weighted by molar-refractivity contribution is -0.210. The summed E-state index contributed by atoms with van der Waals surface area (Å²) in [5, 5.41) is 10.6. The molecule has 4 aliphatic carbocycles. The van der Waals surface area contributed by atoms with E-state index in [1.54, 1.807) is 0 Å². The molecule has 0 aromatic carbocycles. The van der Waals surface area contributed by atoms with Gasteiger partial charge in [-0.15, -0.1) is 0 Å². The standard InChI is InChI=1S/C30H50O3/c1-25(2)21-12-17-29(7)22(27(21,5)15-13-23(25)31)10-9-19-20(11-16-28(19,29)6)30(8)18-14-24(33-30)26(3,4)32/h19-22,24,32H,9-18H2,1-8H3/t19-,20+,21?,22-,24+,27+,28-,29-,30+/m1/s1. The summed E-state index contributed by atoms with van der Waals surface area (Å²) >= 11 is 0. The van der Waals surface area contributed by atoms with E-state index in [1.165, 1.54) is 38.5 Å². The first-order valence-electron chi connectivity index (χ1n) is 14.0. The van der Waals surface area contributed by atoms with Crippen LogP contribution in [0, 0.1) is 45.3 Å². The first-order chi connectivity index (χ1) is 15.1. The number of ketones is 1. The summed E-state index contributed by atoms with van der Waals surface area (Å²) < 4.78 is 6.72. The van der Waals surface area contributed by atoms with Crippen molar-refractivity contribution in [3.05, 3.63) is 0 Å². The summed E-state index contributed by atoms with van der Waals surface area (Å²) in [6.45, 7) is 18.5. The van der Waals surface area contributed by atoms with Crippen LogP contribution in [0.5, 0.6) is 0 Å². The van der Waals surface area contributed by atoms with Gasteiger partial charge < -0.3 is 9.84 Å².